The van der Waals surface area contributed by atoms with Gasteiger partial charge in [0.2, 0.25) is 0 Å². The minimum Gasteiger partial charge on any atom is -0.356 e. The van der Waals surface area contributed by atoms with Crippen molar-refractivity contribution in [2.24, 2.45) is 0 Å². The summed E-state index contributed by atoms with van der Waals surface area (Å²) in [7, 11) is 0. The van der Waals surface area contributed by atoms with Gasteiger partial charge in [0, 0.05) is 17.3 Å². The maximum Gasteiger partial charge on any atom is 0.150 e. The molecule has 1 saturated heterocycles. The van der Waals surface area contributed by atoms with Crippen molar-refractivity contribution in [3.63, 3.8) is 0 Å². The molecule has 102 valence electrons. The molecule has 1 aliphatic rings. The molecule has 6 heteroatoms. The van der Waals surface area contributed by atoms with Crippen molar-refractivity contribution in [3.8, 4) is 0 Å². The van der Waals surface area contributed by atoms with Crippen LogP contribution in [0, 0.1) is 0 Å². The summed E-state index contributed by atoms with van der Waals surface area (Å²) < 4.78 is 7.75. The number of nitrogens with zero attached hydrogens (tertiary/aromatic N) is 3. The van der Waals surface area contributed by atoms with Crippen LogP contribution in [0.25, 0.3) is 10.9 Å². The Morgan fingerprint density at radius 1 is 1.42 bits per heavy atom. The van der Waals surface area contributed by atoms with Crippen LogP contribution in [0.1, 0.15) is 36.0 Å². The molecule has 3 rings (SSSR count). The van der Waals surface area contributed by atoms with E-state index in [4.69, 9.17) is 4.74 Å². The average Bonchev–Trinajstić information content (AvgIpc) is 2.90. The van der Waals surface area contributed by atoms with Crippen molar-refractivity contribution in [1.29, 1.82) is 0 Å². The van der Waals surface area contributed by atoms with Crippen LogP contribution in [-0.2, 0) is 4.74 Å². The Labute approximate surface area is 128 Å². The predicted molar refractivity (Wildman–Crippen MR) is 81.8 cm³/mol. The zero-order valence-electron chi connectivity index (χ0n) is 10.4. The van der Waals surface area contributed by atoms with E-state index in [1.54, 1.807) is 0 Å². The van der Waals surface area contributed by atoms with Crippen LogP contribution in [0.5, 0.6) is 0 Å². The largest absolute Gasteiger partial charge is 0.356 e. The summed E-state index contributed by atoms with van der Waals surface area (Å²) in [6, 6.07) is 2.09. The molecule has 2 unspecified atom stereocenters. The Hall–Kier alpha value is -0.460. The average molecular weight is 389 g/mol. The molecule has 2 aromatic rings. The fourth-order valence-corrected chi connectivity index (χ4v) is 2.94. The summed E-state index contributed by atoms with van der Waals surface area (Å²) in [5.41, 5.74) is 2.07. The maximum atomic E-state index is 5.79. The molecule has 4 nitrogen and oxygen atoms in total. The molecule has 0 N–H and O–H groups in total. The molecule has 0 radical (unpaired) electrons. The summed E-state index contributed by atoms with van der Waals surface area (Å²) in [4.78, 5) is 4.74. The monoisotopic (exact) mass is 387 g/mol. The van der Waals surface area contributed by atoms with Crippen LogP contribution in [0.15, 0.2) is 18.5 Å². The molecule has 1 fully saturated rings. The van der Waals surface area contributed by atoms with Gasteiger partial charge in [0.1, 0.15) is 0 Å². The molecule has 0 saturated carbocycles. The van der Waals surface area contributed by atoms with Crippen molar-refractivity contribution >= 4 is 42.8 Å². The van der Waals surface area contributed by atoms with E-state index in [0.29, 0.717) is 0 Å². The van der Waals surface area contributed by atoms with E-state index >= 15 is 0 Å². The van der Waals surface area contributed by atoms with Crippen molar-refractivity contribution in [1.82, 2.24) is 14.8 Å². The molecule has 0 bridgehead atoms. The van der Waals surface area contributed by atoms with Crippen molar-refractivity contribution in [3.05, 3.63) is 24.2 Å². The van der Waals surface area contributed by atoms with Gasteiger partial charge < -0.3 is 4.74 Å². The van der Waals surface area contributed by atoms with E-state index in [1.807, 2.05) is 17.1 Å². The fraction of sp³-hybridized carbons (Fsp3) is 0.538. The normalized spacial score (nSPS) is 21.7. The van der Waals surface area contributed by atoms with Gasteiger partial charge in [-0.15, -0.1) is 0 Å². The zero-order chi connectivity index (χ0) is 13.2. The van der Waals surface area contributed by atoms with Crippen LogP contribution < -0.4 is 0 Å². The third-order valence-corrected chi connectivity index (χ3v) is 5.70. The highest BCUT2D eigenvalue weighted by atomic mass is 79.9. The Morgan fingerprint density at radius 2 is 2.32 bits per heavy atom. The minimum atomic E-state index is 0.0647. The molecule has 0 aliphatic carbocycles. The van der Waals surface area contributed by atoms with Gasteiger partial charge in [-0.1, -0.05) is 31.9 Å². The van der Waals surface area contributed by atoms with Crippen LogP contribution in [-0.4, -0.2) is 26.7 Å². The first-order chi connectivity index (χ1) is 9.29. The lowest BCUT2D eigenvalue weighted by atomic mass is 10.2. The lowest BCUT2D eigenvalue weighted by Crippen LogP contribution is -2.19. The van der Waals surface area contributed by atoms with Gasteiger partial charge in [-0.05, 0) is 25.3 Å². The molecule has 0 aromatic carbocycles. The van der Waals surface area contributed by atoms with Gasteiger partial charge in [-0.25, -0.2) is 4.68 Å². The van der Waals surface area contributed by atoms with Crippen LogP contribution >= 0.6 is 31.9 Å². The number of pyridine rings is 1. The molecule has 3 heterocycles. The summed E-state index contributed by atoms with van der Waals surface area (Å²) >= 11 is 7.05. The molecular weight excluding hydrogens is 374 g/mol. The third-order valence-electron chi connectivity index (χ3n) is 3.39. The van der Waals surface area contributed by atoms with E-state index in [-0.39, 0.29) is 11.1 Å². The first-order valence-corrected chi connectivity index (χ1v) is 8.48. The highest BCUT2D eigenvalue weighted by Gasteiger charge is 2.19. The number of hydrogen-bond acceptors (Lipinski definition) is 3. The lowest BCUT2D eigenvalue weighted by molar-refractivity contribution is -0.0367. The van der Waals surface area contributed by atoms with Crippen molar-refractivity contribution in [2.45, 2.75) is 30.3 Å². The van der Waals surface area contributed by atoms with E-state index in [2.05, 4.69) is 48.0 Å². The second-order valence-corrected chi connectivity index (χ2v) is 6.45. The molecule has 0 spiro atoms. The third kappa shape index (κ3) is 2.71. The first kappa shape index (κ1) is 13.5. The minimum absolute atomic E-state index is 0.0647. The van der Waals surface area contributed by atoms with E-state index in [1.165, 1.54) is 6.42 Å². The number of aromatic nitrogens is 3. The summed E-state index contributed by atoms with van der Waals surface area (Å²) in [5, 5.41) is 6.42. The highest BCUT2D eigenvalue weighted by molar-refractivity contribution is 9.12. The van der Waals surface area contributed by atoms with Crippen LogP contribution in [0.3, 0.4) is 0 Å². The van der Waals surface area contributed by atoms with Gasteiger partial charge in [-0.3, -0.25) is 4.98 Å². The standard InChI is InChI=1S/C13H15Br2N3O/c14-6-10(15)11-5-9-7-17-18(12(9)8-16-11)13-3-1-2-4-19-13/h5,7-8,10,13H,1-4,6H2. The van der Waals surface area contributed by atoms with Crippen molar-refractivity contribution < 1.29 is 4.74 Å². The number of ether oxygens (including phenoxy) is 1. The molecule has 1 aliphatic heterocycles. The Bertz CT molecular complexity index is 566. The number of hydrogen-bond donors (Lipinski definition) is 0. The lowest BCUT2D eigenvalue weighted by Gasteiger charge is -2.23. The summed E-state index contributed by atoms with van der Waals surface area (Å²) in [6.45, 7) is 0.824. The van der Waals surface area contributed by atoms with Crippen LogP contribution in [0.2, 0.25) is 0 Å². The molecule has 2 atom stereocenters. The molecule has 2 aromatic heterocycles. The van der Waals surface area contributed by atoms with Gasteiger partial charge >= 0.3 is 0 Å². The van der Waals surface area contributed by atoms with E-state index in [0.717, 1.165) is 41.4 Å². The highest BCUT2D eigenvalue weighted by Crippen LogP contribution is 2.29. The second-order valence-electron chi connectivity index (χ2n) is 4.70. The van der Waals surface area contributed by atoms with Crippen LogP contribution in [0.4, 0.5) is 0 Å². The summed E-state index contributed by atoms with van der Waals surface area (Å²) in [5.74, 6) is 0. The smallest absolute Gasteiger partial charge is 0.150 e. The molecule has 19 heavy (non-hydrogen) atoms. The molecule has 0 amide bonds. The second kappa shape index (κ2) is 5.89. The zero-order valence-corrected chi connectivity index (χ0v) is 13.6. The maximum absolute atomic E-state index is 5.79. The quantitative estimate of drug-likeness (QED) is 0.747. The van der Waals surface area contributed by atoms with Crippen molar-refractivity contribution in [2.75, 3.05) is 11.9 Å². The molecular formula is C13H15Br2N3O. The Balaban J connectivity index is 1.95. The Morgan fingerprint density at radius 3 is 3.05 bits per heavy atom. The van der Waals surface area contributed by atoms with E-state index < -0.39 is 0 Å². The van der Waals surface area contributed by atoms with Gasteiger partial charge in [-0.2, -0.15) is 5.10 Å². The SMILES string of the molecule is BrCC(Br)c1cc2cnn(C3CCCCO3)c2cn1. The number of alkyl halides is 2. The van der Waals surface area contributed by atoms with E-state index in [9.17, 15) is 0 Å². The van der Waals surface area contributed by atoms with Gasteiger partial charge in [0.25, 0.3) is 0 Å². The summed E-state index contributed by atoms with van der Waals surface area (Å²) in [6.07, 6.45) is 7.23. The van der Waals surface area contributed by atoms with Gasteiger partial charge in [0.05, 0.1) is 28.4 Å². The first-order valence-electron chi connectivity index (χ1n) is 6.44. The number of rotatable bonds is 3. The fourth-order valence-electron chi connectivity index (χ4n) is 2.36. The Kier molecular flexibility index (Phi) is 4.19. The van der Waals surface area contributed by atoms with Gasteiger partial charge in [0.15, 0.2) is 6.23 Å². The predicted octanol–water partition coefficient (Wildman–Crippen LogP) is 3.96. The topological polar surface area (TPSA) is 39.9 Å². The number of fused-ring (bicyclic) bond motifs is 1. The number of halogens is 2.